The molecule has 0 unspecified atom stereocenters. The van der Waals surface area contributed by atoms with Crippen LogP contribution < -0.4 is 0 Å². The lowest BCUT2D eigenvalue weighted by Crippen LogP contribution is -1.83. The van der Waals surface area contributed by atoms with Crippen molar-refractivity contribution in [3.63, 3.8) is 0 Å². The van der Waals surface area contributed by atoms with Crippen molar-refractivity contribution in [1.82, 2.24) is 0 Å². The Morgan fingerprint density at radius 1 is 0.737 bits per heavy atom. The van der Waals surface area contributed by atoms with Crippen LogP contribution in [0.3, 0.4) is 0 Å². The summed E-state index contributed by atoms with van der Waals surface area (Å²) < 4.78 is 0. The van der Waals surface area contributed by atoms with Gasteiger partial charge in [0.2, 0.25) is 0 Å². The fourth-order valence-corrected chi connectivity index (χ4v) is 2.81. The number of hydrogen-bond acceptors (Lipinski definition) is 2. The van der Waals surface area contributed by atoms with Gasteiger partial charge < -0.3 is 5.11 Å². The maximum absolute atomic E-state index is 9.04. The van der Waals surface area contributed by atoms with E-state index in [1.165, 1.54) is 21.6 Å². The predicted octanol–water partition coefficient (Wildman–Crippen LogP) is 4.57. The van der Waals surface area contributed by atoms with E-state index in [2.05, 4.69) is 41.8 Å². The average Bonchev–Trinajstić information content (AvgIpc) is 3.02. The predicted molar refractivity (Wildman–Crippen MR) is 81.1 cm³/mol. The first kappa shape index (κ1) is 12.2. The topological polar surface area (TPSA) is 20.2 Å². The molecule has 2 heteroatoms. The third-order valence-electron chi connectivity index (χ3n) is 3.16. The van der Waals surface area contributed by atoms with Crippen molar-refractivity contribution in [1.29, 1.82) is 0 Å². The second-order valence-corrected chi connectivity index (χ2v) is 5.36. The van der Waals surface area contributed by atoms with Crippen molar-refractivity contribution in [3.05, 3.63) is 71.6 Å². The second kappa shape index (κ2) is 5.39. The van der Waals surface area contributed by atoms with Gasteiger partial charge in [-0.2, -0.15) is 0 Å². The van der Waals surface area contributed by atoms with Gasteiger partial charge in [0.1, 0.15) is 0 Å². The van der Waals surface area contributed by atoms with E-state index in [1.54, 1.807) is 11.3 Å². The molecule has 94 valence electrons. The largest absolute Gasteiger partial charge is 0.392 e. The molecule has 0 aliphatic rings. The lowest BCUT2D eigenvalue weighted by Gasteiger charge is -2.04. The molecule has 0 spiro atoms. The monoisotopic (exact) mass is 266 g/mol. The number of aliphatic hydroxyl groups excluding tert-OH is 1. The van der Waals surface area contributed by atoms with Crippen molar-refractivity contribution in [2.24, 2.45) is 0 Å². The summed E-state index contributed by atoms with van der Waals surface area (Å²) in [5.74, 6) is 0. The van der Waals surface area contributed by atoms with E-state index >= 15 is 0 Å². The van der Waals surface area contributed by atoms with E-state index in [1.807, 2.05) is 24.3 Å². The normalized spacial score (nSPS) is 10.6. The molecule has 0 saturated carbocycles. The summed E-state index contributed by atoms with van der Waals surface area (Å²) in [6.45, 7) is 0.0948. The summed E-state index contributed by atoms with van der Waals surface area (Å²) in [5.41, 5.74) is 4.57. The maximum atomic E-state index is 9.04. The van der Waals surface area contributed by atoms with E-state index in [-0.39, 0.29) is 6.61 Å². The van der Waals surface area contributed by atoms with E-state index < -0.39 is 0 Å². The smallest absolute Gasteiger partial charge is 0.0681 e. The lowest BCUT2D eigenvalue weighted by atomic mass is 10.0. The molecule has 19 heavy (non-hydrogen) atoms. The molecular formula is C17H14OS. The zero-order valence-electron chi connectivity index (χ0n) is 10.4. The molecule has 1 aromatic heterocycles. The SMILES string of the molecule is OCc1ccc(-c2ccc(-c3cccs3)cc2)cc1. The highest BCUT2D eigenvalue weighted by Gasteiger charge is 2.01. The molecule has 0 amide bonds. The first-order valence-corrected chi connectivity index (χ1v) is 7.09. The van der Waals surface area contributed by atoms with Gasteiger partial charge in [-0.1, -0.05) is 54.6 Å². The van der Waals surface area contributed by atoms with E-state index in [0.29, 0.717) is 0 Å². The summed E-state index contributed by atoms with van der Waals surface area (Å²) in [6, 6.07) is 20.8. The molecule has 0 aliphatic heterocycles. The van der Waals surface area contributed by atoms with Crippen molar-refractivity contribution < 1.29 is 5.11 Å². The molecule has 3 aromatic rings. The molecule has 0 aliphatic carbocycles. The van der Waals surface area contributed by atoms with Crippen LogP contribution in [0.4, 0.5) is 0 Å². The number of thiophene rings is 1. The van der Waals surface area contributed by atoms with Crippen LogP contribution in [0.25, 0.3) is 21.6 Å². The molecule has 0 fully saturated rings. The first-order valence-electron chi connectivity index (χ1n) is 6.21. The Hall–Kier alpha value is -1.90. The Bertz CT molecular complexity index is 637. The average molecular weight is 266 g/mol. The van der Waals surface area contributed by atoms with Gasteiger partial charge in [-0.15, -0.1) is 11.3 Å². The number of benzene rings is 2. The van der Waals surface area contributed by atoms with Crippen LogP contribution in [0.2, 0.25) is 0 Å². The maximum Gasteiger partial charge on any atom is 0.0681 e. The minimum Gasteiger partial charge on any atom is -0.392 e. The van der Waals surface area contributed by atoms with Crippen molar-refractivity contribution in [2.75, 3.05) is 0 Å². The van der Waals surface area contributed by atoms with Gasteiger partial charge in [-0.3, -0.25) is 0 Å². The van der Waals surface area contributed by atoms with Crippen LogP contribution in [0.5, 0.6) is 0 Å². The van der Waals surface area contributed by atoms with Gasteiger partial charge >= 0.3 is 0 Å². The van der Waals surface area contributed by atoms with E-state index in [4.69, 9.17) is 5.11 Å². The van der Waals surface area contributed by atoms with Crippen LogP contribution in [-0.4, -0.2) is 5.11 Å². The van der Waals surface area contributed by atoms with Gasteiger partial charge in [-0.25, -0.2) is 0 Å². The highest BCUT2D eigenvalue weighted by atomic mass is 32.1. The fourth-order valence-electron chi connectivity index (χ4n) is 2.07. The van der Waals surface area contributed by atoms with Crippen LogP contribution in [0, 0.1) is 0 Å². The molecule has 0 radical (unpaired) electrons. The number of aliphatic hydroxyl groups is 1. The van der Waals surface area contributed by atoms with Crippen molar-refractivity contribution in [2.45, 2.75) is 6.61 Å². The summed E-state index contributed by atoms with van der Waals surface area (Å²) >= 11 is 1.75. The van der Waals surface area contributed by atoms with E-state index in [0.717, 1.165) is 5.56 Å². The minimum absolute atomic E-state index is 0.0948. The molecule has 1 heterocycles. The Labute approximate surface area is 116 Å². The highest BCUT2D eigenvalue weighted by molar-refractivity contribution is 7.13. The van der Waals surface area contributed by atoms with Gasteiger partial charge in [-0.05, 0) is 33.7 Å². The summed E-state index contributed by atoms with van der Waals surface area (Å²) in [6.07, 6.45) is 0. The third-order valence-corrected chi connectivity index (χ3v) is 4.08. The Kier molecular flexibility index (Phi) is 3.45. The third kappa shape index (κ3) is 2.60. The molecule has 0 bridgehead atoms. The Morgan fingerprint density at radius 2 is 1.32 bits per heavy atom. The summed E-state index contributed by atoms with van der Waals surface area (Å²) in [4.78, 5) is 1.29. The second-order valence-electron chi connectivity index (χ2n) is 4.41. The van der Waals surface area contributed by atoms with Crippen molar-refractivity contribution in [3.8, 4) is 21.6 Å². The zero-order chi connectivity index (χ0) is 13.1. The lowest BCUT2D eigenvalue weighted by molar-refractivity contribution is 0.282. The Balaban J connectivity index is 1.89. The van der Waals surface area contributed by atoms with Gasteiger partial charge in [0.25, 0.3) is 0 Å². The van der Waals surface area contributed by atoms with E-state index in [9.17, 15) is 0 Å². The summed E-state index contributed by atoms with van der Waals surface area (Å²) in [5, 5.41) is 11.1. The first-order chi connectivity index (χ1) is 9.36. The quantitative estimate of drug-likeness (QED) is 0.736. The molecule has 0 saturated heterocycles. The van der Waals surface area contributed by atoms with Crippen LogP contribution in [0.15, 0.2) is 66.0 Å². The molecule has 0 atom stereocenters. The standard InChI is InChI=1S/C17H14OS/c18-12-13-3-5-14(6-4-13)15-7-9-16(10-8-15)17-2-1-11-19-17/h1-11,18H,12H2. The molecule has 2 aromatic carbocycles. The van der Waals surface area contributed by atoms with Crippen LogP contribution >= 0.6 is 11.3 Å². The van der Waals surface area contributed by atoms with Gasteiger partial charge in [0.05, 0.1) is 6.61 Å². The molecular weight excluding hydrogens is 252 g/mol. The zero-order valence-corrected chi connectivity index (χ0v) is 11.2. The molecule has 1 N–H and O–H groups in total. The van der Waals surface area contributed by atoms with Crippen LogP contribution in [-0.2, 0) is 6.61 Å². The molecule has 3 rings (SSSR count). The van der Waals surface area contributed by atoms with Crippen LogP contribution in [0.1, 0.15) is 5.56 Å². The Morgan fingerprint density at radius 3 is 1.84 bits per heavy atom. The number of hydrogen-bond donors (Lipinski definition) is 1. The number of rotatable bonds is 3. The summed E-state index contributed by atoms with van der Waals surface area (Å²) in [7, 11) is 0. The van der Waals surface area contributed by atoms with Gasteiger partial charge in [0, 0.05) is 4.88 Å². The molecule has 1 nitrogen and oxygen atoms in total. The fraction of sp³-hybridized carbons (Fsp3) is 0.0588. The van der Waals surface area contributed by atoms with Crippen molar-refractivity contribution >= 4 is 11.3 Å². The minimum atomic E-state index is 0.0948. The van der Waals surface area contributed by atoms with Gasteiger partial charge in [0.15, 0.2) is 0 Å². The highest BCUT2D eigenvalue weighted by Crippen LogP contribution is 2.27.